The van der Waals surface area contributed by atoms with Gasteiger partial charge in [0.05, 0.1) is 0 Å². The number of hydrogen-bond acceptors (Lipinski definition) is 4. The van der Waals surface area contributed by atoms with Crippen LogP contribution in [0.15, 0.2) is 18.5 Å². The van der Waals surface area contributed by atoms with Crippen LogP contribution in [-0.2, 0) is 6.42 Å². The van der Waals surface area contributed by atoms with Gasteiger partial charge in [-0.25, -0.2) is 4.98 Å². The van der Waals surface area contributed by atoms with Gasteiger partial charge >= 0.3 is 0 Å². The molecule has 2 aromatic heterocycles. The van der Waals surface area contributed by atoms with E-state index in [1.165, 1.54) is 12.8 Å². The molecule has 0 aliphatic carbocycles. The van der Waals surface area contributed by atoms with Crippen molar-refractivity contribution >= 4 is 5.78 Å². The minimum atomic E-state index is 0.680. The third kappa shape index (κ3) is 2.55. The molecule has 5 nitrogen and oxygen atoms in total. The van der Waals surface area contributed by atoms with Crippen LogP contribution in [-0.4, -0.2) is 26.1 Å². The Hall–Kier alpha value is -1.49. The van der Waals surface area contributed by atoms with E-state index in [4.69, 9.17) is 5.73 Å². The Bertz CT molecular complexity index is 437. The summed E-state index contributed by atoms with van der Waals surface area (Å²) in [5.74, 6) is 1.68. The van der Waals surface area contributed by atoms with Crippen LogP contribution in [0.5, 0.6) is 0 Å². The normalized spacial score (nSPS) is 11.1. The minimum Gasteiger partial charge on any atom is -0.330 e. The topological polar surface area (TPSA) is 69.1 Å². The number of nitrogens with zero attached hydrogens (tertiary/aromatic N) is 4. The number of aromatic nitrogens is 4. The Kier molecular flexibility index (Phi) is 3.82. The maximum absolute atomic E-state index is 5.45. The fraction of sp³-hybridized carbons (Fsp3) is 0.545. The highest BCUT2D eigenvalue weighted by Gasteiger charge is 2.04. The van der Waals surface area contributed by atoms with Crippen molar-refractivity contribution in [2.45, 2.75) is 32.1 Å². The van der Waals surface area contributed by atoms with Crippen molar-refractivity contribution in [1.82, 2.24) is 19.6 Å². The molecule has 0 radical (unpaired) electrons. The first kappa shape index (κ1) is 11.0. The molecule has 86 valence electrons. The number of nitrogens with two attached hydrogens (primary N) is 1. The van der Waals surface area contributed by atoms with Gasteiger partial charge < -0.3 is 5.73 Å². The van der Waals surface area contributed by atoms with Crippen molar-refractivity contribution in [3.05, 3.63) is 24.3 Å². The second-order valence-electron chi connectivity index (χ2n) is 3.86. The molecule has 0 bridgehead atoms. The van der Waals surface area contributed by atoms with Crippen molar-refractivity contribution in [2.24, 2.45) is 5.73 Å². The molecule has 16 heavy (non-hydrogen) atoms. The standard InChI is InChI=1S/C11H17N5/c12-7-4-2-1-3-6-10-14-15-11-13-8-5-9-16(10)11/h5,8-9H,1-4,6-7,12H2. The summed E-state index contributed by atoms with van der Waals surface area (Å²) in [6.07, 6.45) is 9.29. The van der Waals surface area contributed by atoms with Crippen LogP contribution in [0.1, 0.15) is 31.5 Å². The average Bonchev–Trinajstić information content (AvgIpc) is 2.73. The van der Waals surface area contributed by atoms with Crippen LogP contribution in [0.25, 0.3) is 5.78 Å². The first-order valence-corrected chi connectivity index (χ1v) is 5.76. The number of aryl methyl sites for hydroxylation is 1. The molecule has 0 spiro atoms. The quantitative estimate of drug-likeness (QED) is 0.741. The van der Waals surface area contributed by atoms with E-state index >= 15 is 0 Å². The highest BCUT2D eigenvalue weighted by Crippen LogP contribution is 2.06. The fourth-order valence-electron chi connectivity index (χ4n) is 1.74. The second-order valence-corrected chi connectivity index (χ2v) is 3.86. The molecule has 2 rings (SSSR count). The van der Waals surface area contributed by atoms with Crippen molar-refractivity contribution in [3.63, 3.8) is 0 Å². The van der Waals surface area contributed by atoms with Crippen LogP contribution in [0.3, 0.4) is 0 Å². The van der Waals surface area contributed by atoms with E-state index in [1.54, 1.807) is 6.20 Å². The molecule has 0 saturated heterocycles. The molecule has 0 aliphatic heterocycles. The lowest BCUT2D eigenvalue weighted by Crippen LogP contribution is -1.99. The minimum absolute atomic E-state index is 0.680. The lowest BCUT2D eigenvalue weighted by Gasteiger charge is -1.99. The molecule has 0 fully saturated rings. The molecule has 0 aromatic carbocycles. The van der Waals surface area contributed by atoms with Gasteiger partial charge in [-0.15, -0.1) is 10.2 Å². The summed E-state index contributed by atoms with van der Waals surface area (Å²) < 4.78 is 1.95. The summed E-state index contributed by atoms with van der Waals surface area (Å²) in [4.78, 5) is 4.13. The molecule has 2 aromatic rings. The van der Waals surface area contributed by atoms with E-state index in [2.05, 4.69) is 15.2 Å². The Morgan fingerprint density at radius 1 is 1.12 bits per heavy atom. The number of fused-ring (bicyclic) bond motifs is 1. The third-order valence-corrected chi connectivity index (χ3v) is 2.61. The lowest BCUT2D eigenvalue weighted by atomic mass is 10.1. The van der Waals surface area contributed by atoms with Gasteiger partial charge in [0.25, 0.3) is 5.78 Å². The Balaban J connectivity index is 1.89. The second kappa shape index (κ2) is 5.55. The highest BCUT2D eigenvalue weighted by atomic mass is 15.3. The van der Waals surface area contributed by atoms with Crippen molar-refractivity contribution in [2.75, 3.05) is 6.54 Å². The van der Waals surface area contributed by atoms with E-state index in [-0.39, 0.29) is 0 Å². The molecule has 0 amide bonds. The zero-order valence-electron chi connectivity index (χ0n) is 9.34. The lowest BCUT2D eigenvalue weighted by molar-refractivity contribution is 0.633. The zero-order chi connectivity index (χ0) is 11.2. The first-order chi connectivity index (χ1) is 7.92. The van der Waals surface area contributed by atoms with Gasteiger partial charge in [-0.3, -0.25) is 4.40 Å². The zero-order valence-corrected chi connectivity index (χ0v) is 9.34. The van der Waals surface area contributed by atoms with Gasteiger partial charge in [-0.1, -0.05) is 12.8 Å². The predicted octanol–water partition coefficient (Wildman–Crippen LogP) is 1.19. The number of rotatable bonds is 6. The third-order valence-electron chi connectivity index (χ3n) is 2.61. The van der Waals surface area contributed by atoms with Crippen LogP contribution < -0.4 is 5.73 Å². The van der Waals surface area contributed by atoms with E-state index in [0.717, 1.165) is 31.6 Å². The Morgan fingerprint density at radius 2 is 2.00 bits per heavy atom. The number of unbranched alkanes of at least 4 members (excludes halogenated alkanes) is 3. The number of hydrogen-bond donors (Lipinski definition) is 1. The summed E-state index contributed by atoms with van der Waals surface area (Å²) in [5.41, 5.74) is 5.45. The van der Waals surface area contributed by atoms with Crippen molar-refractivity contribution in [1.29, 1.82) is 0 Å². The van der Waals surface area contributed by atoms with Gasteiger partial charge in [0.2, 0.25) is 0 Å². The molecule has 2 N–H and O–H groups in total. The molecule has 2 heterocycles. The molecular formula is C11H17N5. The van der Waals surface area contributed by atoms with Crippen molar-refractivity contribution < 1.29 is 0 Å². The molecular weight excluding hydrogens is 202 g/mol. The van der Waals surface area contributed by atoms with E-state index < -0.39 is 0 Å². The van der Waals surface area contributed by atoms with Crippen LogP contribution in [0.4, 0.5) is 0 Å². The van der Waals surface area contributed by atoms with E-state index in [1.807, 2.05) is 16.7 Å². The smallest absolute Gasteiger partial charge is 0.254 e. The summed E-state index contributed by atoms with van der Waals surface area (Å²) in [5, 5.41) is 8.15. The monoisotopic (exact) mass is 219 g/mol. The maximum Gasteiger partial charge on any atom is 0.254 e. The summed E-state index contributed by atoms with van der Waals surface area (Å²) in [7, 11) is 0. The van der Waals surface area contributed by atoms with Gasteiger partial charge in [-0.2, -0.15) is 0 Å². The van der Waals surface area contributed by atoms with Gasteiger partial charge in [-0.05, 0) is 25.5 Å². The van der Waals surface area contributed by atoms with E-state index in [0.29, 0.717) is 5.78 Å². The predicted molar refractivity (Wildman–Crippen MR) is 62.0 cm³/mol. The molecule has 0 aliphatic rings. The largest absolute Gasteiger partial charge is 0.330 e. The molecule has 0 saturated carbocycles. The first-order valence-electron chi connectivity index (χ1n) is 5.76. The van der Waals surface area contributed by atoms with Crippen LogP contribution in [0.2, 0.25) is 0 Å². The SMILES string of the molecule is NCCCCCCc1nnc2ncccn12. The fourth-order valence-corrected chi connectivity index (χ4v) is 1.74. The summed E-state index contributed by atoms with van der Waals surface area (Å²) >= 11 is 0. The Morgan fingerprint density at radius 3 is 2.88 bits per heavy atom. The molecule has 0 atom stereocenters. The summed E-state index contributed by atoms with van der Waals surface area (Å²) in [6.45, 7) is 0.789. The van der Waals surface area contributed by atoms with Crippen molar-refractivity contribution in [3.8, 4) is 0 Å². The van der Waals surface area contributed by atoms with Gasteiger partial charge in [0, 0.05) is 18.8 Å². The van der Waals surface area contributed by atoms with Gasteiger partial charge in [0.15, 0.2) is 0 Å². The highest BCUT2D eigenvalue weighted by molar-refractivity contribution is 5.25. The van der Waals surface area contributed by atoms with Crippen LogP contribution in [0, 0.1) is 0 Å². The average molecular weight is 219 g/mol. The molecule has 5 heteroatoms. The maximum atomic E-state index is 5.45. The summed E-state index contributed by atoms with van der Waals surface area (Å²) in [6, 6.07) is 1.90. The van der Waals surface area contributed by atoms with Gasteiger partial charge in [0.1, 0.15) is 5.82 Å². The van der Waals surface area contributed by atoms with E-state index in [9.17, 15) is 0 Å². The van der Waals surface area contributed by atoms with Crippen LogP contribution >= 0.6 is 0 Å². The molecule has 0 unspecified atom stereocenters. The Labute approximate surface area is 94.7 Å².